The summed E-state index contributed by atoms with van der Waals surface area (Å²) in [6, 6.07) is 0. The molecular weight excluding hydrogens is 177 g/mol. The second-order valence-electron chi connectivity index (χ2n) is 1.77. The van der Waals surface area contributed by atoms with Crippen LogP contribution in [0.5, 0.6) is 0 Å². The number of rotatable bonds is 1. The molecule has 0 aromatic heterocycles. The van der Waals surface area contributed by atoms with E-state index in [1.807, 2.05) is 0 Å². The van der Waals surface area contributed by atoms with Crippen LogP contribution in [0.4, 0.5) is 0 Å². The van der Waals surface area contributed by atoms with E-state index in [4.69, 9.17) is 0 Å². The van der Waals surface area contributed by atoms with Gasteiger partial charge in [0.15, 0.2) is 0 Å². The Morgan fingerprint density at radius 2 is 1.70 bits per heavy atom. The minimum Gasteiger partial charge on any atom is -0.809 e. The number of hydrogen-bond acceptors (Lipinski definition) is 4. The normalized spacial score (nSPS) is 29.9. The van der Waals surface area contributed by atoms with Gasteiger partial charge in [0, 0.05) is 0 Å². The van der Waals surface area contributed by atoms with Crippen molar-refractivity contribution >= 4 is 7.60 Å². The molecule has 0 aromatic carbocycles. The van der Waals surface area contributed by atoms with Crippen molar-refractivity contribution in [2.24, 2.45) is 0 Å². The van der Waals surface area contributed by atoms with Crippen LogP contribution in [0.25, 0.3) is 0 Å². The average molecular weight is 182 g/mol. The average Bonchev–Trinajstić information content (AvgIpc) is 2.13. The fraction of sp³-hybridized carbons (Fsp3) is 1.00. The van der Waals surface area contributed by atoms with Crippen LogP contribution >= 0.6 is 7.60 Å². The zero-order chi connectivity index (χ0) is 6.36. The molecule has 1 aliphatic heterocycles. The molecule has 1 heterocycles. The molecule has 0 spiro atoms. The summed E-state index contributed by atoms with van der Waals surface area (Å²) in [7, 11) is -4.40. The molecule has 1 saturated heterocycles. The summed E-state index contributed by atoms with van der Waals surface area (Å²) in [5.74, 6) is -1.04. The molecule has 10 heavy (non-hydrogen) atoms. The van der Waals surface area contributed by atoms with Gasteiger partial charge in [0.1, 0.15) is 5.85 Å². The molecule has 0 radical (unpaired) electrons. The van der Waals surface area contributed by atoms with Gasteiger partial charge in [-0.3, -0.25) is 0 Å². The summed E-state index contributed by atoms with van der Waals surface area (Å²) in [5.41, 5.74) is 0. The van der Waals surface area contributed by atoms with Crippen molar-refractivity contribution in [3.8, 4) is 0 Å². The van der Waals surface area contributed by atoms with Crippen LogP contribution in [-0.2, 0) is 9.30 Å². The molecule has 0 bridgehead atoms. The molecule has 1 rings (SSSR count). The molecule has 0 unspecified atom stereocenters. The standard InChI is InChI=1S/C3H7O4P.2Na/c1-2-3(7-2)8(4,5)6;;/h2-3H,1H3,(H2,4,5,6);;/q;2*+1/p-2/t2-,3-;;/m0../s1. The molecule has 0 aromatic rings. The van der Waals surface area contributed by atoms with Crippen LogP contribution in [0, 0.1) is 0 Å². The first kappa shape index (κ1) is 14.6. The third-order valence-electron chi connectivity index (χ3n) is 0.991. The molecule has 1 aliphatic rings. The Balaban J connectivity index is 0. The Bertz CT molecular complexity index is 145. The second kappa shape index (κ2) is 4.97. The zero-order valence-corrected chi connectivity index (χ0v) is 11.1. The Morgan fingerprint density at radius 1 is 1.40 bits per heavy atom. The first-order valence-electron chi connectivity index (χ1n) is 2.19. The van der Waals surface area contributed by atoms with Gasteiger partial charge in [0.25, 0.3) is 0 Å². The fourth-order valence-electron chi connectivity index (χ4n) is 0.506. The van der Waals surface area contributed by atoms with Crippen molar-refractivity contribution in [2.45, 2.75) is 18.9 Å². The van der Waals surface area contributed by atoms with Gasteiger partial charge in [0.2, 0.25) is 0 Å². The fourth-order valence-corrected chi connectivity index (χ4v) is 1.36. The molecule has 0 N–H and O–H groups in total. The molecule has 2 atom stereocenters. The van der Waals surface area contributed by atoms with E-state index in [0.717, 1.165) is 0 Å². The van der Waals surface area contributed by atoms with Crippen molar-refractivity contribution in [3.63, 3.8) is 0 Å². The third kappa shape index (κ3) is 4.21. The molecule has 4 nitrogen and oxygen atoms in total. The van der Waals surface area contributed by atoms with E-state index >= 15 is 0 Å². The molecule has 0 saturated carbocycles. The quantitative estimate of drug-likeness (QED) is 0.229. The van der Waals surface area contributed by atoms with E-state index in [1.165, 1.54) is 0 Å². The van der Waals surface area contributed by atoms with Gasteiger partial charge < -0.3 is 19.1 Å². The summed E-state index contributed by atoms with van der Waals surface area (Å²) in [4.78, 5) is 19.9. The maximum atomic E-state index is 9.95. The van der Waals surface area contributed by atoms with Gasteiger partial charge in [-0.2, -0.15) is 0 Å². The monoisotopic (exact) mass is 182 g/mol. The van der Waals surface area contributed by atoms with Crippen molar-refractivity contribution in [1.82, 2.24) is 0 Å². The third-order valence-corrected chi connectivity index (χ3v) is 2.16. The van der Waals surface area contributed by atoms with Gasteiger partial charge in [-0.25, -0.2) is 0 Å². The largest absolute Gasteiger partial charge is 1.00 e. The topological polar surface area (TPSA) is 75.7 Å². The number of epoxide rings is 1. The van der Waals surface area contributed by atoms with E-state index in [2.05, 4.69) is 4.74 Å². The smallest absolute Gasteiger partial charge is 0.809 e. The van der Waals surface area contributed by atoms with Crippen molar-refractivity contribution in [1.29, 1.82) is 0 Å². The van der Waals surface area contributed by atoms with Crippen molar-refractivity contribution < 1.29 is 78.2 Å². The second-order valence-corrected chi connectivity index (χ2v) is 3.36. The predicted molar refractivity (Wildman–Crippen MR) is 21.9 cm³/mol. The summed E-state index contributed by atoms with van der Waals surface area (Å²) in [5, 5.41) is 0. The van der Waals surface area contributed by atoms with Crippen LogP contribution < -0.4 is 68.9 Å². The Labute approximate surface area is 103 Å². The van der Waals surface area contributed by atoms with E-state index in [0.29, 0.717) is 0 Å². The molecular formula is C3H5Na2O4P. The Morgan fingerprint density at radius 3 is 1.70 bits per heavy atom. The Kier molecular flexibility index (Phi) is 7.27. The van der Waals surface area contributed by atoms with Crippen LogP contribution in [0.2, 0.25) is 0 Å². The molecule has 7 heteroatoms. The summed E-state index contributed by atoms with van der Waals surface area (Å²) >= 11 is 0. The van der Waals surface area contributed by atoms with Crippen LogP contribution in [0.3, 0.4) is 0 Å². The number of ether oxygens (including phenoxy) is 1. The van der Waals surface area contributed by atoms with Crippen LogP contribution in [-0.4, -0.2) is 11.9 Å². The minimum absolute atomic E-state index is 0. The predicted octanol–water partition coefficient (Wildman–Crippen LogP) is -7.35. The summed E-state index contributed by atoms with van der Waals surface area (Å²) in [6.07, 6.45) is -0.379. The van der Waals surface area contributed by atoms with E-state index in [9.17, 15) is 14.4 Å². The van der Waals surface area contributed by atoms with Crippen LogP contribution in [0.15, 0.2) is 0 Å². The minimum atomic E-state index is -4.40. The first-order valence-corrected chi connectivity index (χ1v) is 3.80. The Hall–Kier alpha value is 2.11. The zero-order valence-electron chi connectivity index (χ0n) is 6.23. The summed E-state index contributed by atoms with van der Waals surface area (Å²) in [6.45, 7) is 1.55. The van der Waals surface area contributed by atoms with Crippen LogP contribution in [0.1, 0.15) is 6.92 Å². The van der Waals surface area contributed by atoms with E-state index in [1.54, 1.807) is 6.92 Å². The van der Waals surface area contributed by atoms with E-state index in [-0.39, 0.29) is 65.2 Å². The van der Waals surface area contributed by atoms with Crippen molar-refractivity contribution in [3.05, 3.63) is 0 Å². The molecule has 0 amide bonds. The van der Waals surface area contributed by atoms with Gasteiger partial charge in [-0.1, -0.05) is 0 Å². The maximum absolute atomic E-state index is 9.95. The first-order chi connectivity index (χ1) is 3.52. The van der Waals surface area contributed by atoms with Gasteiger partial charge in [-0.15, -0.1) is 0 Å². The number of hydrogen-bond donors (Lipinski definition) is 0. The summed E-state index contributed by atoms with van der Waals surface area (Å²) < 4.78 is 14.3. The SMILES string of the molecule is C[C@@H]1O[C@H]1P(=O)([O-])[O-].[Na+].[Na+]. The molecule has 48 valence electrons. The molecule has 0 aliphatic carbocycles. The maximum Gasteiger partial charge on any atom is 1.00 e. The molecule has 1 fully saturated rings. The van der Waals surface area contributed by atoms with E-state index < -0.39 is 13.4 Å². The van der Waals surface area contributed by atoms with Gasteiger partial charge >= 0.3 is 59.1 Å². The van der Waals surface area contributed by atoms with Gasteiger partial charge in [0.05, 0.1) is 6.10 Å². The van der Waals surface area contributed by atoms with Crippen molar-refractivity contribution in [2.75, 3.05) is 0 Å². The van der Waals surface area contributed by atoms with Gasteiger partial charge in [-0.05, 0) is 14.5 Å².